The molecule has 0 saturated heterocycles. The zero-order valence-corrected chi connectivity index (χ0v) is 44.9. The quantitative estimate of drug-likeness (QED) is 0.0264. The molecule has 0 aromatic carbocycles. The lowest BCUT2D eigenvalue weighted by Crippen LogP contribution is -2.29. The maximum Gasteiger partial charge on any atom is 0.472 e. The third kappa shape index (κ3) is 54.1. The summed E-state index contributed by atoms with van der Waals surface area (Å²) >= 11 is 0. The van der Waals surface area contributed by atoms with Gasteiger partial charge in [0.05, 0.1) is 13.2 Å². The van der Waals surface area contributed by atoms with E-state index in [0.717, 1.165) is 89.9 Å². The molecule has 2 atom stereocenters. The Hall–Kier alpha value is -3.07. The fraction of sp³-hybridized carbons (Fsp3) is 0.695. The Morgan fingerprint density at radius 1 is 0.449 bits per heavy atom. The molecular formula is C59H102NO8P. The number of phosphoric ester groups is 1. The van der Waals surface area contributed by atoms with Crippen LogP contribution in [0.2, 0.25) is 0 Å². The largest absolute Gasteiger partial charge is 0.472 e. The van der Waals surface area contributed by atoms with Gasteiger partial charge in [-0.05, 0) is 96.3 Å². The minimum Gasteiger partial charge on any atom is -0.462 e. The summed E-state index contributed by atoms with van der Waals surface area (Å²) in [5, 5.41) is 0. The van der Waals surface area contributed by atoms with Crippen LogP contribution in [0.15, 0.2) is 97.2 Å². The maximum absolute atomic E-state index is 12.7. The third-order valence-corrected chi connectivity index (χ3v) is 12.4. The first-order chi connectivity index (χ1) is 33.8. The van der Waals surface area contributed by atoms with Gasteiger partial charge in [0.1, 0.15) is 6.61 Å². The van der Waals surface area contributed by atoms with E-state index in [0.29, 0.717) is 12.8 Å². The highest BCUT2D eigenvalue weighted by molar-refractivity contribution is 7.47. The van der Waals surface area contributed by atoms with E-state index >= 15 is 0 Å². The molecule has 2 unspecified atom stereocenters. The van der Waals surface area contributed by atoms with Crippen molar-refractivity contribution in [1.29, 1.82) is 0 Å². The second-order valence-corrected chi connectivity index (χ2v) is 19.5. The zero-order chi connectivity index (χ0) is 50.2. The average Bonchev–Trinajstić information content (AvgIpc) is 3.34. The molecule has 3 N–H and O–H groups in total. The number of nitrogens with two attached hydrogens (primary N) is 1. The molecule has 10 heteroatoms. The Balaban J connectivity index is 4.02. The van der Waals surface area contributed by atoms with Crippen molar-refractivity contribution in [2.75, 3.05) is 26.4 Å². The fourth-order valence-corrected chi connectivity index (χ4v) is 8.14. The van der Waals surface area contributed by atoms with Crippen molar-refractivity contribution in [2.45, 2.75) is 238 Å². The molecule has 69 heavy (non-hydrogen) atoms. The van der Waals surface area contributed by atoms with Gasteiger partial charge in [-0.3, -0.25) is 18.6 Å². The number of carbonyl (C=O) groups excluding carboxylic acids is 2. The summed E-state index contributed by atoms with van der Waals surface area (Å²) in [6.45, 7) is 3.59. The molecular weight excluding hydrogens is 882 g/mol. The molecule has 0 amide bonds. The van der Waals surface area contributed by atoms with Crippen molar-refractivity contribution in [2.24, 2.45) is 5.73 Å². The molecule has 0 rings (SSSR count). The van der Waals surface area contributed by atoms with Crippen LogP contribution in [0.3, 0.4) is 0 Å². The number of phosphoric acid groups is 1. The normalized spacial score (nSPS) is 13.9. The third-order valence-electron chi connectivity index (χ3n) is 11.5. The van der Waals surface area contributed by atoms with Gasteiger partial charge in [0.15, 0.2) is 6.10 Å². The lowest BCUT2D eigenvalue weighted by atomic mass is 10.0. The first-order valence-corrected chi connectivity index (χ1v) is 29.2. The molecule has 9 nitrogen and oxygen atoms in total. The fourth-order valence-electron chi connectivity index (χ4n) is 7.37. The average molecular weight is 984 g/mol. The van der Waals surface area contributed by atoms with Crippen molar-refractivity contribution in [3.63, 3.8) is 0 Å². The Morgan fingerprint density at radius 2 is 0.797 bits per heavy atom. The van der Waals surface area contributed by atoms with E-state index in [1.165, 1.54) is 103 Å². The Bertz CT molecular complexity index is 1450. The van der Waals surface area contributed by atoms with Crippen LogP contribution in [0, 0.1) is 0 Å². The molecule has 0 spiro atoms. The molecule has 0 radical (unpaired) electrons. The number of esters is 2. The predicted octanol–water partition coefficient (Wildman–Crippen LogP) is 17.3. The van der Waals surface area contributed by atoms with Gasteiger partial charge in [0.2, 0.25) is 0 Å². The minimum atomic E-state index is -4.39. The standard InChI is InChI=1S/C59H102NO8P/c1-3-5-7-9-11-13-15-17-19-21-23-24-25-26-27-28-29-30-31-32-34-36-38-40-42-44-46-48-50-52-59(62)68-57(56-67-69(63,64)66-54-53-60)55-65-58(61)51-49-47-45-43-41-39-37-35-33-22-20-18-16-14-12-10-8-6-4-2/h5,7,11-14,17-20,23-24,26-27,33,35,57H,3-4,6,8-10,15-16,21-22,25,28-32,34,36-56,60H2,1-2H3,(H,63,64)/b7-5-,13-11-,14-12-,19-17-,20-18-,24-23-,27-26-,35-33-. The van der Waals surface area contributed by atoms with Gasteiger partial charge in [0.25, 0.3) is 0 Å². The van der Waals surface area contributed by atoms with Crippen LogP contribution < -0.4 is 5.73 Å². The molecule has 0 aromatic heterocycles. The lowest BCUT2D eigenvalue weighted by Gasteiger charge is -2.19. The zero-order valence-electron chi connectivity index (χ0n) is 44.0. The molecule has 396 valence electrons. The number of hydrogen-bond acceptors (Lipinski definition) is 8. The lowest BCUT2D eigenvalue weighted by molar-refractivity contribution is -0.161. The molecule has 0 aliphatic carbocycles. The number of ether oxygens (including phenoxy) is 2. The second kappa shape index (κ2) is 54.3. The molecule has 0 aromatic rings. The van der Waals surface area contributed by atoms with Crippen LogP contribution in [-0.2, 0) is 32.7 Å². The van der Waals surface area contributed by atoms with E-state index in [9.17, 15) is 19.0 Å². The smallest absolute Gasteiger partial charge is 0.462 e. The van der Waals surface area contributed by atoms with Crippen molar-refractivity contribution in [3.8, 4) is 0 Å². The van der Waals surface area contributed by atoms with Crippen molar-refractivity contribution < 1.29 is 37.6 Å². The molecule has 0 saturated carbocycles. The van der Waals surface area contributed by atoms with Crippen LogP contribution in [0.1, 0.15) is 232 Å². The number of rotatable bonds is 51. The van der Waals surface area contributed by atoms with Crippen LogP contribution in [0.4, 0.5) is 0 Å². The van der Waals surface area contributed by atoms with Gasteiger partial charge in [-0.25, -0.2) is 4.57 Å². The van der Waals surface area contributed by atoms with Gasteiger partial charge in [-0.15, -0.1) is 0 Å². The van der Waals surface area contributed by atoms with E-state index < -0.39 is 32.5 Å². The molecule has 0 aliphatic heterocycles. The summed E-state index contributed by atoms with van der Waals surface area (Å²) in [6.07, 6.45) is 71.6. The van der Waals surface area contributed by atoms with Gasteiger partial charge in [-0.2, -0.15) is 0 Å². The van der Waals surface area contributed by atoms with E-state index in [-0.39, 0.29) is 32.6 Å². The number of unbranched alkanes of at least 4 members (excludes halogenated alkanes) is 22. The van der Waals surface area contributed by atoms with Gasteiger partial charge in [-0.1, -0.05) is 220 Å². The number of hydrogen-bond donors (Lipinski definition) is 2. The summed E-state index contributed by atoms with van der Waals surface area (Å²) in [6, 6.07) is 0. The van der Waals surface area contributed by atoms with E-state index in [1.807, 2.05) is 0 Å². The Morgan fingerprint density at radius 3 is 1.19 bits per heavy atom. The highest BCUT2D eigenvalue weighted by Gasteiger charge is 2.26. The number of carbonyl (C=O) groups is 2. The first kappa shape index (κ1) is 65.9. The summed E-state index contributed by atoms with van der Waals surface area (Å²) in [5.41, 5.74) is 5.38. The van der Waals surface area contributed by atoms with Crippen LogP contribution in [0.5, 0.6) is 0 Å². The van der Waals surface area contributed by atoms with Crippen molar-refractivity contribution in [3.05, 3.63) is 97.2 Å². The van der Waals surface area contributed by atoms with Crippen LogP contribution in [0.25, 0.3) is 0 Å². The van der Waals surface area contributed by atoms with E-state index in [1.54, 1.807) is 0 Å². The SMILES string of the molecule is CC/C=C\C/C=C\C/C=C\C/C=C\C/C=C\CCCCCCCCCCCCCCCC(=O)OC(COC(=O)CCCCCCCC/C=C\C/C=C\C/C=C\CCCCC)COP(=O)(O)OCCN. The first-order valence-electron chi connectivity index (χ1n) is 27.7. The highest BCUT2D eigenvalue weighted by atomic mass is 31.2. The topological polar surface area (TPSA) is 134 Å². The van der Waals surface area contributed by atoms with E-state index in [2.05, 4.69) is 111 Å². The second-order valence-electron chi connectivity index (χ2n) is 18.1. The Labute approximate surface area is 423 Å². The molecule has 0 fully saturated rings. The van der Waals surface area contributed by atoms with Crippen molar-refractivity contribution >= 4 is 19.8 Å². The minimum absolute atomic E-state index is 0.0471. The number of allylic oxidation sites excluding steroid dienone is 16. The molecule has 0 bridgehead atoms. The van der Waals surface area contributed by atoms with E-state index in [4.69, 9.17) is 24.3 Å². The molecule has 0 heterocycles. The maximum atomic E-state index is 12.7. The molecule has 0 aliphatic rings. The Kier molecular flexibility index (Phi) is 51.9. The van der Waals surface area contributed by atoms with Gasteiger partial charge < -0.3 is 20.1 Å². The monoisotopic (exact) mass is 984 g/mol. The van der Waals surface area contributed by atoms with Crippen LogP contribution in [-0.4, -0.2) is 49.3 Å². The highest BCUT2D eigenvalue weighted by Crippen LogP contribution is 2.43. The summed E-state index contributed by atoms with van der Waals surface area (Å²) in [4.78, 5) is 35.1. The predicted molar refractivity (Wildman–Crippen MR) is 293 cm³/mol. The summed E-state index contributed by atoms with van der Waals surface area (Å²) < 4.78 is 33.0. The van der Waals surface area contributed by atoms with Crippen LogP contribution >= 0.6 is 7.82 Å². The van der Waals surface area contributed by atoms with Gasteiger partial charge >= 0.3 is 19.8 Å². The van der Waals surface area contributed by atoms with Crippen molar-refractivity contribution in [1.82, 2.24) is 0 Å². The summed E-state index contributed by atoms with van der Waals surface area (Å²) in [5.74, 6) is -0.846. The van der Waals surface area contributed by atoms with Gasteiger partial charge in [0, 0.05) is 19.4 Å². The summed E-state index contributed by atoms with van der Waals surface area (Å²) in [7, 11) is -4.39.